The average molecular weight is 331 g/mol. The Morgan fingerprint density at radius 1 is 1.12 bits per heavy atom. The summed E-state index contributed by atoms with van der Waals surface area (Å²) in [6, 6.07) is 2.67. The van der Waals surface area contributed by atoms with Gasteiger partial charge < -0.3 is 20.1 Å². The number of aromatic amines is 2. The second kappa shape index (κ2) is 6.62. The number of H-pyrrole nitrogens is 2. The molecule has 10 nitrogen and oxygen atoms in total. The lowest BCUT2D eigenvalue weighted by Gasteiger charge is -2.33. The minimum absolute atomic E-state index is 0.136. The van der Waals surface area contributed by atoms with Crippen molar-refractivity contribution in [2.45, 2.75) is 0 Å². The molecule has 0 saturated carbocycles. The molecule has 0 bridgehead atoms. The molecule has 1 amide bonds. The van der Waals surface area contributed by atoms with Crippen LogP contribution in [0.25, 0.3) is 0 Å². The van der Waals surface area contributed by atoms with Gasteiger partial charge >= 0.3 is 5.69 Å². The summed E-state index contributed by atoms with van der Waals surface area (Å²) in [5, 5.41) is 2.55. The number of nitrogens with one attached hydrogen (secondary N) is 3. The Labute approximate surface area is 136 Å². The summed E-state index contributed by atoms with van der Waals surface area (Å²) >= 11 is 0. The van der Waals surface area contributed by atoms with E-state index >= 15 is 0 Å². The summed E-state index contributed by atoms with van der Waals surface area (Å²) < 4.78 is 0. The number of likely N-dealkylation sites (N-methyl/N-ethyl adjacent to an activating group) is 1. The van der Waals surface area contributed by atoms with Crippen molar-refractivity contribution in [2.24, 2.45) is 0 Å². The van der Waals surface area contributed by atoms with Crippen molar-refractivity contribution in [3.63, 3.8) is 0 Å². The van der Waals surface area contributed by atoms with E-state index in [1.807, 2.05) is 4.98 Å². The first-order valence-electron chi connectivity index (χ1n) is 7.42. The number of hydrogen-bond acceptors (Lipinski definition) is 7. The molecule has 0 aliphatic carbocycles. The summed E-state index contributed by atoms with van der Waals surface area (Å²) in [7, 11) is 2.06. The maximum absolute atomic E-state index is 12.1. The highest BCUT2D eigenvalue weighted by Crippen LogP contribution is 2.16. The Morgan fingerprint density at radius 2 is 1.88 bits per heavy atom. The largest absolute Gasteiger partial charge is 0.354 e. The van der Waals surface area contributed by atoms with Crippen LogP contribution in [0.15, 0.2) is 28.0 Å². The van der Waals surface area contributed by atoms with Crippen LogP contribution in [-0.4, -0.2) is 64.0 Å². The molecule has 0 spiro atoms. The van der Waals surface area contributed by atoms with Crippen molar-refractivity contribution in [1.82, 2.24) is 24.8 Å². The van der Waals surface area contributed by atoms with Gasteiger partial charge in [0.15, 0.2) is 0 Å². The van der Waals surface area contributed by atoms with Crippen molar-refractivity contribution in [2.75, 3.05) is 43.4 Å². The zero-order valence-electron chi connectivity index (χ0n) is 13.1. The minimum Gasteiger partial charge on any atom is -0.354 e. The third-order valence-corrected chi connectivity index (χ3v) is 3.73. The normalized spacial score (nSPS) is 15.3. The Bertz CT molecular complexity index is 823. The predicted molar refractivity (Wildman–Crippen MR) is 87.4 cm³/mol. The van der Waals surface area contributed by atoms with Gasteiger partial charge in [-0.15, -0.1) is 0 Å². The van der Waals surface area contributed by atoms with Crippen LogP contribution in [-0.2, 0) is 0 Å². The van der Waals surface area contributed by atoms with E-state index in [4.69, 9.17) is 0 Å². The van der Waals surface area contributed by atoms with Gasteiger partial charge in [0, 0.05) is 38.3 Å². The first kappa shape index (κ1) is 15.9. The van der Waals surface area contributed by atoms with Crippen LogP contribution in [0.3, 0.4) is 0 Å². The number of amides is 1. The van der Waals surface area contributed by atoms with Crippen LogP contribution in [0.2, 0.25) is 0 Å². The van der Waals surface area contributed by atoms with Crippen LogP contribution in [0.5, 0.6) is 0 Å². The third kappa shape index (κ3) is 3.66. The summed E-state index contributed by atoms with van der Waals surface area (Å²) in [5.74, 6) is 0.388. The van der Waals surface area contributed by atoms with Gasteiger partial charge in [0.2, 0.25) is 0 Å². The monoisotopic (exact) mass is 331 g/mol. The molecule has 0 aromatic carbocycles. The first-order chi connectivity index (χ1) is 11.5. The summed E-state index contributed by atoms with van der Waals surface area (Å²) in [5.41, 5.74) is -1.53. The van der Waals surface area contributed by atoms with Gasteiger partial charge in [0.05, 0.1) is 0 Å². The Kier molecular flexibility index (Phi) is 4.38. The maximum Gasteiger partial charge on any atom is 0.326 e. The molecule has 1 aliphatic rings. The van der Waals surface area contributed by atoms with Gasteiger partial charge in [0.1, 0.15) is 23.7 Å². The molecule has 0 unspecified atom stereocenters. The fourth-order valence-electron chi connectivity index (χ4n) is 2.40. The molecule has 2 aromatic rings. The molecule has 3 heterocycles. The molecule has 3 rings (SSSR count). The summed E-state index contributed by atoms with van der Waals surface area (Å²) in [4.78, 5) is 51.5. The molecule has 3 N–H and O–H groups in total. The quantitative estimate of drug-likeness (QED) is 0.648. The Balaban J connectivity index is 1.75. The number of rotatable bonds is 3. The molecule has 0 radical (unpaired) electrons. The van der Waals surface area contributed by atoms with Crippen LogP contribution >= 0.6 is 0 Å². The maximum atomic E-state index is 12.1. The lowest BCUT2D eigenvalue weighted by molar-refractivity contribution is 0.102. The third-order valence-electron chi connectivity index (χ3n) is 3.73. The number of hydrogen-bond donors (Lipinski definition) is 3. The van der Waals surface area contributed by atoms with Gasteiger partial charge in [-0.2, -0.15) is 0 Å². The van der Waals surface area contributed by atoms with Crippen molar-refractivity contribution < 1.29 is 4.79 Å². The van der Waals surface area contributed by atoms with Gasteiger partial charge in [-0.3, -0.25) is 14.6 Å². The average Bonchev–Trinajstić information content (AvgIpc) is 2.55. The van der Waals surface area contributed by atoms with Gasteiger partial charge in [-0.25, -0.2) is 14.8 Å². The zero-order valence-corrected chi connectivity index (χ0v) is 13.1. The van der Waals surface area contributed by atoms with E-state index in [2.05, 4.69) is 37.1 Å². The van der Waals surface area contributed by atoms with Crippen LogP contribution in [0.4, 0.5) is 11.6 Å². The number of carbonyl (C=O) groups excluding carboxylic acids is 1. The number of piperazine rings is 1. The predicted octanol–water partition coefficient (Wildman–Crippen LogP) is -1.14. The fourth-order valence-corrected chi connectivity index (χ4v) is 2.40. The topological polar surface area (TPSA) is 127 Å². The highest BCUT2D eigenvalue weighted by atomic mass is 16.2. The molecule has 2 aromatic heterocycles. The Morgan fingerprint density at radius 3 is 2.58 bits per heavy atom. The Hall–Kier alpha value is -3.01. The van der Waals surface area contributed by atoms with E-state index in [9.17, 15) is 14.4 Å². The highest BCUT2D eigenvalue weighted by Gasteiger charge is 2.16. The van der Waals surface area contributed by atoms with E-state index < -0.39 is 17.2 Å². The van der Waals surface area contributed by atoms with Crippen molar-refractivity contribution in [3.05, 3.63) is 45.0 Å². The molecule has 126 valence electrons. The number of nitrogens with zero attached hydrogens (tertiary/aromatic N) is 4. The fraction of sp³-hybridized carbons (Fsp3) is 0.357. The SMILES string of the molecule is CN1CCN(c2cc(NC(=O)c3cc(=O)[nH]c(=O)[nH]3)ncn2)CC1. The second-order valence-corrected chi connectivity index (χ2v) is 5.51. The van der Waals surface area contributed by atoms with Crippen LogP contribution in [0, 0.1) is 0 Å². The molecule has 1 saturated heterocycles. The summed E-state index contributed by atoms with van der Waals surface area (Å²) in [6.07, 6.45) is 1.36. The second-order valence-electron chi connectivity index (χ2n) is 5.51. The number of aromatic nitrogens is 4. The van der Waals surface area contributed by atoms with E-state index in [1.54, 1.807) is 6.07 Å². The van der Waals surface area contributed by atoms with Gasteiger partial charge in [0.25, 0.3) is 11.5 Å². The number of carbonyl (C=O) groups is 1. The minimum atomic E-state index is -0.742. The molecule has 1 fully saturated rings. The molecule has 0 atom stereocenters. The van der Waals surface area contributed by atoms with Crippen LogP contribution in [0.1, 0.15) is 10.5 Å². The standard InChI is InChI=1S/C14H17N7O3/c1-20-2-4-21(5-3-20)11-7-10(15-8-16-11)18-13(23)9-6-12(22)19-14(24)17-9/h6-8H,2-5H2,1H3,(H,15,16,18,23)(H2,17,19,22,24). The van der Waals surface area contributed by atoms with Crippen LogP contribution < -0.4 is 21.5 Å². The molecule has 24 heavy (non-hydrogen) atoms. The van der Waals surface area contributed by atoms with Crippen molar-refractivity contribution >= 4 is 17.5 Å². The smallest absolute Gasteiger partial charge is 0.326 e. The van der Waals surface area contributed by atoms with E-state index in [1.165, 1.54) is 6.33 Å². The summed E-state index contributed by atoms with van der Waals surface area (Å²) in [6.45, 7) is 3.53. The van der Waals surface area contributed by atoms with E-state index in [0.717, 1.165) is 32.2 Å². The van der Waals surface area contributed by atoms with Crippen molar-refractivity contribution in [3.8, 4) is 0 Å². The molecular weight excluding hydrogens is 314 g/mol. The van der Waals surface area contributed by atoms with Gasteiger partial charge in [-0.05, 0) is 7.05 Å². The number of anilines is 2. The highest BCUT2D eigenvalue weighted by molar-refractivity contribution is 6.02. The van der Waals surface area contributed by atoms with Crippen molar-refractivity contribution in [1.29, 1.82) is 0 Å². The first-order valence-corrected chi connectivity index (χ1v) is 7.42. The molecule has 1 aliphatic heterocycles. The lowest BCUT2D eigenvalue weighted by Crippen LogP contribution is -2.44. The lowest BCUT2D eigenvalue weighted by atomic mass is 10.3. The molecular formula is C14H17N7O3. The van der Waals surface area contributed by atoms with E-state index in [-0.39, 0.29) is 5.69 Å². The zero-order chi connectivity index (χ0) is 17.1. The molecule has 10 heteroatoms. The van der Waals surface area contributed by atoms with Gasteiger partial charge in [-0.1, -0.05) is 0 Å². The van der Waals surface area contributed by atoms with E-state index in [0.29, 0.717) is 11.6 Å².